The normalized spacial score (nSPS) is 17.4. The molecule has 3 aromatic heterocycles. The average Bonchev–Trinajstić information content (AvgIpc) is 3.96. The quantitative estimate of drug-likeness (QED) is 0.164. The lowest BCUT2D eigenvalue weighted by Gasteiger charge is -2.39. The Kier molecular flexibility index (Phi) is 7.25. The number of para-hydroxylation sites is 2. The van der Waals surface area contributed by atoms with Gasteiger partial charge in [0.05, 0.1) is 40.6 Å². The van der Waals surface area contributed by atoms with Gasteiger partial charge in [-0.1, -0.05) is 127 Å². The number of rotatable bonds is 5. The third-order valence-electron chi connectivity index (χ3n) is 11.7. The van der Waals surface area contributed by atoms with E-state index in [1.54, 1.807) is 0 Å². The number of hydrogen-bond acceptors (Lipinski definition) is 5. The van der Waals surface area contributed by atoms with Gasteiger partial charge in [-0.05, 0) is 82.4 Å². The van der Waals surface area contributed by atoms with Gasteiger partial charge in [-0.3, -0.25) is 16.0 Å². The van der Waals surface area contributed by atoms with Crippen molar-refractivity contribution < 1.29 is 8.83 Å². The second-order valence-electron chi connectivity index (χ2n) is 15.0. The van der Waals surface area contributed by atoms with Crippen LogP contribution >= 0.6 is 0 Å². The molecule has 12 rings (SSSR count). The molecule has 6 heteroatoms. The van der Waals surface area contributed by atoms with E-state index in [0.29, 0.717) is 0 Å². The molecule has 3 N–H and O–H groups in total. The van der Waals surface area contributed by atoms with Gasteiger partial charge < -0.3 is 13.4 Å². The minimum Gasteiger partial charge on any atom is -0.456 e. The molecule has 6 nitrogen and oxygen atoms in total. The van der Waals surface area contributed by atoms with Gasteiger partial charge in [0.2, 0.25) is 0 Å². The number of benzene rings is 8. The fourth-order valence-corrected chi connectivity index (χ4v) is 9.13. The predicted octanol–water partition coefficient (Wildman–Crippen LogP) is 12.4. The topological polar surface area (TPSA) is 67.3 Å². The number of fused-ring (bicyclic) bond motifs is 9. The van der Waals surface area contributed by atoms with E-state index in [2.05, 4.69) is 203 Å². The first-order chi connectivity index (χ1) is 28.2. The van der Waals surface area contributed by atoms with E-state index in [4.69, 9.17) is 8.83 Å². The van der Waals surface area contributed by atoms with Crippen LogP contribution in [0, 0.1) is 0 Å². The Hall–Kier alpha value is -6.96. The van der Waals surface area contributed by atoms with E-state index in [1.807, 2.05) is 0 Å². The summed E-state index contributed by atoms with van der Waals surface area (Å²) in [4.78, 5) is 0. The fourth-order valence-electron chi connectivity index (χ4n) is 9.13. The standard InChI is InChI=1S/C51H36N4O2/c1-3-13-31(14-4-1)49-52-50(32-15-5-2-6-16-32)54-51(53-49)39-19-11-23-43-47(39)37-27-25-33(29-45(37)56-43)34-26-28-38-46(30-34)57-44-24-12-22-42(48(38)44)55-40-20-9-7-17-35(40)36-18-8-10-21-41(36)55/h1-30,49-54H. The number of nitrogens with one attached hydrogen (secondary N) is 3. The van der Waals surface area contributed by atoms with Crippen molar-refractivity contribution in [3.63, 3.8) is 0 Å². The lowest BCUT2D eigenvalue weighted by Crippen LogP contribution is -2.54. The van der Waals surface area contributed by atoms with Gasteiger partial charge in [0.1, 0.15) is 22.3 Å². The highest BCUT2D eigenvalue weighted by atomic mass is 16.3. The van der Waals surface area contributed by atoms with Crippen LogP contribution in [0.4, 0.5) is 0 Å². The molecular formula is C51H36N4O2. The van der Waals surface area contributed by atoms with Crippen molar-refractivity contribution in [1.82, 2.24) is 20.5 Å². The molecule has 0 aliphatic carbocycles. The Morgan fingerprint density at radius 1 is 0.368 bits per heavy atom. The van der Waals surface area contributed by atoms with Crippen LogP contribution in [0.15, 0.2) is 191 Å². The molecule has 0 saturated carbocycles. The lowest BCUT2D eigenvalue weighted by molar-refractivity contribution is 0.204. The van der Waals surface area contributed by atoms with E-state index < -0.39 is 0 Å². The SMILES string of the molecule is c1ccc(C2NC(c3ccccc3)NC(c3cccc4oc5cc(-c6ccc7c(c6)oc6cccc(-n8c9ccccc9c9ccccc98)c67)ccc5c34)N2)cc1. The Balaban J connectivity index is 0.943. The molecule has 0 spiro atoms. The molecule has 57 heavy (non-hydrogen) atoms. The Bertz CT molecular complexity index is 3210. The Morgan fingerprint density at radius 3 is 1.46 bits per heavy atom. The highest BCUT2D eigenvalue weighted by Crippen LogP contribution is 2.41. The van der Waals surface area contributed by atoms with Crippen LogP contribution < -0.4 is 16.0 Å². The van der Waals surface area contributed by atoms with Crippen molar-refractivity contribution in [3.05, 3.63) is 199 Å². The average molecular weight is 737 g/mol. The van der Waals surface area contributed by atoms with Gasteiger partial charge in [-0.25, -0.2) is 0 Å². The minimum atomic E-state index is -0.145. The number of furan rings is 2. The summed E-state index contributed by atoms with van der Waals surface area (Å²) in [5.41, 5.74) is 12.5. The summed E-state index contributed by atoms with van der Waals surface area (Å²) in [6.45, 7) is 0. The van der Waals surface area contributed by atoms with Gasteiger partial charge in [0, 0.05) is 26.9 Å². The summed E-state index contributed by atoms with van der Waals surface area (Å²) in [5, 5.41) is 18.3. The molecular weight excluding hydrogens is 701 g/mol. The molecule has 2 unspecified atom stereocenters. The highest BCUT2D eigenvalue weighted by molar-refractivity contribution is 6.15. The van der Waals surface area contributed by atoms with Gasteiger partial charge in [-0.15, -0.1) is 0 Å². The zero-order valence-corrected chi connectivity index (χ0v) is 30.8. The van der Waals surface area contributed by atoms with Crippen molar-refractivity contribution in [3.8, 4) is 16.8 Å². The summed E-state index contributed by atoms with van der Waals surface area (Å²) >= 11 is 0. The molecule has 0 bridgehead atoms. The van der Waals surface area contributed by atoms with Crippen LogP contribution in [0.25, 0.3) is 82.5 Å². The van der Waals surface area contributed by atoms with Crippen molar-refractivity contribution >= 4 is 65.7 Å². The summed E-state index contributed by atoms with van der Waals surface area (Å²) in [7, 11) is 0. The summed E-state index contributed by atoms with van der Waals surface area (Å²) < 4.78 is 15.6. The van der Waals surface area contributed by atoms with Gasteiger partial charge in [0.25, 0.3) is 0 Å². The fraction of sp³-hybridized carbons (Fsp3) is 0.0588. The summed E-state index contributed by atoms with van der Waals surface area (Å²) in [5.74, 6) is 0. The second-order valence-corrected chi connectivity index (χ2v) is 15.0. The van der Waals surface area contributed by atoms with E-state index in [0.717, 1.165) is 66.3 Å². The van der Waals surface area contributed by atoms with E-state index in [9.17, 15) is 0 Å². The Morgan fingerprint density at radius 2 is 0.860 bits per heavy atom. The summed E-state index contributed by atoms with van der Waals surface area (Å²) in [6.07, 6.45) is -0.267. The van der Waals surface area contributed by atoms with Gasteiger partial charge in [0.15, 0.2) is 0 Å². The molecule has 1 saturated heterocycles. The zero-order chi connectivity index (χ0) is 37.5. The molecule has 1 fully saturated rings. The molecule has 0 amide bonds. The first-order valence-electron chi connectivity index (χ1n) is 19.5. The number of aromatic nitrogens is 1. The molecule has 1 aliphatic heterocycles. The maximum Gasteiger partial charge on any atom is 0.137 e. The van der Waals surface area contributed by atoms with E-state index >= 15 is 0 Å². The molecule has 4 heterocycles. The van der Waals surface area contributed by atoms with Crippen molar-refractivity contribution in [2.24, 2.45) is 0 Å². The van der Waals surface area contributed by atoms with Crippen LogP contribution in [0.1, 0.15) is 35.2 Å². The zero-order valence-electron chi connectivity index (χ0n) is 30.8. The highest BCUT2D eigenvalue weighted by Gasteiger charge is 2.31. The third kappa shape index (κ3) is 5.16. The van der Waals surface area contributed by atoms with Crippen molar-refractivity contribution in [1.29, 1.82) is 0 Å². The van der Waals surface area contributed by atoms with Gasteiger partial charge in [-0.2, -0.15) is 0 Å². The van der Waals surface area contributed by atoms with E-state index in [-0.39, 0.29) is 18.5 Å². The van der Waals surface area contributed by atoms with Crippen LogP contribution in [0.2, 0.25) is 0 Å². The smallest absolute Gasteiger partial charge is 0.137 e. The molecule has 1 aliphatic rings. The number of nitrogens with zero attached hydrogens (tertiary/aromatic N) is 1. The third-order valence-corrected chi connectivity index (χ3v) is 11.7. The predicted molar refractivity (Wildman–Crippen MR) is 231 cm³/mol. The van der Waals surface area contributed by atoms with Crippen molar-refractivity contribution in [2.75, 3.05) is 0 Å². The largest absolute Gasteiger partial charge is 0.456 e. The molecule has 8 aromatic carbocycles. The maximum absolute atomic E-state index is 6.63. The lowest BCUT2D eigenvalue weighted by atomic mass is 9.98. The minimum absolute atomic E-state index is 0.0612. The van der Waals surface area contributed by atoms with Gasteiger partial charge >= 0.3 is 0 Å². The molecule has 0 radical (unpaired) electrons. The van der Waals surface area contributed by atoms with Crippen LogP contribution in [0.3, 0.4) is 0 Å². The second kappa shape index (κ2) is 12.8. The monoisotopic (exact) mass is 736 g/mol. The van der Waals surface area contributed by atoms with Crippen LogP contribution in [-0.2, 0) is 0 Å². The molecule has 272 valence electrons. The Labute approximate surface area is 327 Å². The first kappa shape index (κ1) is 32.3. The number of hydrogen-bond donors (Lipinski definition) is 3. The molecule has 2 atom stereocenters. The maximum atomic E-state index is 6.63. The molecule has 11 aromatic rings. The first-order valence-corrected chi connectivity index (χ1v) is 19.5. The summed E-state index contributed by atoms with van der Waals surface area (Å²) in [6, 6.07) is 64.2. The van der Waals surface area contributed by atoms with Crippen LogP contribution in [-0.4, -0.2) is 4.57 Å². The van der Waals surface area contributed by atoms with E-state index in [1.165, 1.54) is 32.9 Å². The van der Waals surface area contributed by atoms with Crippen molar-refractivity contribution in [2.45, 2.75) is 18.5 Å². The van der Waals surface area contributed by atoms with Crippen LogP contribution in [0.5, 0.6) is 0 Å².